The number of carbonyl (C=O) groups excluding carboxylic acids is 2. The van der Waals surface area contributed by atoms with Gasteiger partial charge in [-0.3, -0.25) is 4.79 Å². The van der Waals surface area contributed by atoms with Crippen LogP contribution in [0.15, 0.2) is 12.1 Å². The fourth-order valence-electron chi connectivity index (χ4n) is 1.57. The van der Waals surface area contributed by atoms with E-state index >= 15 is 0 Å². The lowest BCUT2D eigenvalue weighted by molar-refractivity contribution is -0.140. The van der Waals surface area contributed by atoms with Gasteiger partial charge < -0.3 is 9.64 Å². The summed E-state index contributed by atoms with van der Waals surface area (Å²) in [5.41, 5.74) is 3.07. The van der Waals surface area contributed by atoms with Crippen molar-refractivity contribution in [2.45, 2.75) is 27.7 Å². The minimum absolute atomic E-state index is 0.0399. The molecular formula is C14H19NO3. The van der Waals surface area contributed by atoms with Gasteiger partial charge in [0.1, 0.15) is 12.3 Å². The Bertz CT molecular complexity index is 480. The SMILES string of the molecule is CC(=O)N(C)CC(=O)Oc1cc(C)cc(C)c1C. The molecule has 0 heterocycles. The van der Waals surface area contributed by atoms with Crippen LogP contribution in [0.4, 0.5) is 0 Å². The van der Waals surface area contributed by atoms with Gasteiger partial charge in [-0.25, -0.2) is 4.79 Å². The first kappa shape index (κ1) is 14.2. The third kappa shape index (κ3) is 3.58. The average molecular weight is 249 g/mol. The molecule has 1 rings (SSSR count). The normalized spacial score (nSPS) is 10.1. The van der Waals surface area contributed by atoms with Crippen molar-refractivity contribution in [3.05, 3.63) is 28.8 Å². The number of amides is 1. The summed E-state index contributed by atoms with van der Waals surface area (Å²) >= 11 is 0. The predicted octanol–water partition coefficient (Wildman–Crippen LogP) is 2.00. The molecule has 0 fully saturated rings. The molecule has 0 radical (unpaired) electrons. The third-order valence-corrected chi connectivity index (χ3v) is 2.89. The molecular weight excluding hydrogens is 230 g/mol. The topological polar surface area (TPSA) is 46.6 Å². The number of hydrogen-bond acceptors (Lipinski definition) is 3. The molecule has 0 atom stereocenters. The summed E-state index contributed by atoms with van der Waals surface area (Å²) in [4.78, 5) is 24.0. The van der Waals surface area contributed by atoms with Crippen molar-refractivity contribution < 1.29 is 14.3 Å². The second-order valence-corrected chi connectivity index (χ2v) is 4.55. The van der Waals surface area contributed by atoms with E-state index < -0.39 is 5.97 Å². The van der Waals surface area contributed by atoms with E-state index in [1.807, 2.05) is 32.9 Å². The van der Waals surface area contributed by atoms with Gasteiger partial charge in [-0.1, -0.05) is 6.07 Å². The number of hydrogen-bond donors (Lipinski definition) is 0. The summed E-state index contributed by atoms with van der Waals surface area (Å²) in [6.45, 7) is 7.20. The molecule has 0 saturated carbocycles. The van der Waals surface area contributed by atoms with E-state index in [0.29, 0.717) is 5.75 Å². The van der Waals surface area contributed by atoms with Gasteiger partial charge in [-0.2, -0.15) is 0 Å². The van der Waals surface area contributed by atoms with Crippen molar-refractivity contribution in [3.8, 4) is 5.75 Å². The molecule has 1 amide bonds. The average Bonchev–Trinajstić information content (AvgIpc) is 2.24. The Morgan fingerprint density at radius 2 is 1.83 bits per heavy atom. The fourth-order valence-corrected chi connectivity index (χ4v) is 1.57. The largest absolute Gasteiger partial charge is 0.425 e. The number of carbonyl (C=O) groups is 2. The zero-order valence-electron chi connectivity index (χ0n) is 11.5. The lowest BCUT2D eigenvalue weighted by Crippen LogP contribution is -2.32. The van der Waals surface area contributed by atoms with E-state index in [4.69, 9.17) is 4.74 Å². The van der Waals surface area contributed by atoms with Gasteiger partial charge in [-0.15, -0.1) is 0 Å². The fraction of sp³-hybridized carbons (Fsp3) is 0.429. The molecule has 98 valence electrons. The molecule has 0 aliphatic carbocycles. The van der Waals surface area contributed by atoms with Crippen LogP contribution in [0, 0.1) is 20.8 Å². The highest BCUT2D eigenvalue weighted by Crippen LogP contribution is 2.23. The molecule has 1 aromatic rings. The zero-order valence-corrected chi connectivity index (χ0v) is 11.5. The van der Waals surface area contributed by atoms with E-state index in [2.05, 4.69) is 0 Å². The van der Waals surface area contributed by atoms with Crippen LogP contribution in [-0.2, 0) is 9.59 Å². The third-order valence-electron chi connectivity index (χ3n) is 2.89. The molecule has 0 aliphatic rings. The van der Waals surface area contributed by atoms with Crippen LogP contribution >= 0.6 is 0 Å². The Kier molecular flexibility index (Phi) is 4.48. The Morgan fingerprint density at radius 3 is 2.39 bits per heavy atom. The van der Waals surface area contributed by atoms with Gasteiger partial charge in [-0.05, 0) is 43.5 Å². The Labute approximate surface area is 108 Å². The van der Waals surface area contributed by atoms with Crippen LogP contribution in [0.25, 0.3) is 0 Å². The lowest BCUT2D eigenvalue weighted by atomic mass is 10.1. The minimum atomic E-state index is -0.430. The number of aryl methyl sites for hydroxylation is 2. The quantitative estimate of drug-likeness (QED) is 0.608. The van der Waals surface area contributed by atoms with Crippen molar-refractivity contribution in [1.29, 1.82) is 0 Å². The maximum Gasteiger partial charge on any atom is 0.331 e. The summed E-state index contributed by atoms with van der Waals surface area (Å²) in [6, 6.07) is 3.86. The number of nitrogens with zero attached hydrogens (tertiary/aromatic N) is 1. The smallest absolute Gasteiger partial charge is 0.331 e. The standard InChI is InChI=1S/C14H19NO3/c1-9-6-10(2)11(3)13(7-9)18-14(17)8-15(5)12(4)16/h6-7H,8H2,1-5H3. The van der Waals surface area contributed by atoms with Gasteiger partial charge in [0.15, 0.2) is 0 Å². The molecule has 0 N–H and O–H groups in total. The highest BCUT2D eigenvalue weighted by molar-refractivity contribution is 5.81. The highest BCUT2D eigenvalue weighted by Gasteiger charge is 2.13. The predicted molar refractivity (Wildman–Crippen MR) is 69.6 cm³/mol. The summed E-state index contributed by atoms with van der Waals surface area (Å²) in [6.07, 6.45) is 0. The summed E-state index contributed by atoms with van der Waals surface area (Å²) in [5.74, 6) is -0.0284. The van der Waals surface area contributed by atoms with Crippen LogP contribution in [0.1, 0.15) is 23.6 Å². The molecule has 0 aromatic heterocycles. The van der Waals surface area contributed by atoms with E-state index in [9.17, 15) is 9.59 Å². The molecule has 0 saturated heterocycles. The number of likely N-dealkylation sites (N-methyl/N-ethyl adjacent to an activating group) is 1. The van der Waals surface area contributed by atoms with Crippen molar-refractivity contribution in [2.75, 3.05) is 13.6 Å². The zero-order chi connectivity index (χ0) is 13.9. The molecule has 1 aromatic carbocycles. The highest BCUT2D eigenvalue weighted by atomic mass is 16.5. The molecule has 4 nitrogen and oxygen atoms in total. The van der Waals surface area contributed by atoms with Crippen molar-refractivity contribution in [1.82, 2.24) is 4.90 Å². The van der Waals surface area contributed by atoms with Gasteiger partial charge in [0.25, 0.3) is 0 Å². The van der Waals surface area contributed by atoms with Crippen LogP contribution in [0.2, 0.25) is 0 Å². The van der Waals surface area contributed by atoms with Crippen LogP contribution < -0.4 is 4.74 Å². The Hall–Kier alpha value is -1.84. The van der Waals surface area contributed by atoms with Crippen LogP contribution in [0.3, 0.4) is 0 Å². The van der Waals surface area contributed by atoms with Crippen LogP contribution in [0.5, 0.6) is 5.75 Å². The number of rotatable bonds is 3. The van der Waals surface area contributed by atoms with Crippen molar-refractivity contribution >= 4 is 11.9 Å². The second kappa shape index (κ2) is 5.67. The van der Waals surface area contributed by atoms with Gasteiger partial charge in [0, 0.05) is 14.0 Å². The molecule has 4 heteroatoms. The first-order valence-corrected chi connectivity index (χ1v) is 5.81. The Balaban J connectivity index is 2.79. The molecule has 0 aliphatic heterocycles. The van der Waals surface area contributed by atoms with Crippen molar-refractivity contribution in [3.63, 3.8) is 0 Å². The molecule has 0 spiro atoms. The first-order valence-electron chi connectivity index (χ1n) is 5.81. The maximum atomic E-state index is 11.7. The molecule has 0 unspecified atom stereocenters. The molecule has 0 bridgehead atoms. The number of ether oxygens (including phenoxy) is 1. The summed E-state index contributed by atoms with van der Waals surface area (Å²) < 4.78 is 5.29. The second-order valence-electron chi connectivity index (χ2n) is 4.55. The van der Waals surface area contributed by atoms with E-state index in [1.165, 1.54) is 11.8 Å². The van der Waals surface area contributed by atoms with E-state index in [0.717, 1.165) is 16.7 Å². The van der Waals surface area contributed by atoms with Gasteiger partial charge in [0.05, 0.1) is 0 Å². The minimum Gasteiger partial charge on any atom is -0.425 e. The van der Waals surface area contributed by atoms with E-state index in [1.54, 1.807) is 7.05 Å². The number of benzene rings is 1. The van der Waals surface area contributed by atoms with Gasteiger partial charge >= 0.3 is 5.97 Å². The molecule has 18 heavy (non-hydrogen) atoms. The monoisotopic (exact) mass is 249 g/mol. The van der Waals surface area contributed by atoms with Crippen molar-refractivity contribution in [2.24, 2.45) is 0 Å². The Morgan fingerprint density at radius 1 is 1.22 bits per heavy atom. The first-order chi connectivity index (χ1) is 8.31. The van der Waals surface area contributed by atoms with Gasteiger partial charge in [0.2, 0.25) is 5.91 Å². The van der Waals surface area contributed by atoms with E-state index in [-0.39, 0.29) is 12.5 Å². The lowest BCUT2D eigenvalue weighted by Gasteiger charge is -2.15. The summed E-state index contributed by atoms with van der Waals surface area (Å²) in [7, 11) is 1.57. The summed E-state index contributed by atoms with van der Waals surface area (Å²) in [5, 5.41) is 0. The van der Waals surface area contributed by atoms with Crippen LogP contribution in [-0.4, -0.2) is 30.4 Å². The maximum absolute atomic E-state index is 11.7. The number of esters is 1.